The van der Waals surface area contributed by atoms with Crippen LogP contribution in [-0.4, -0.2) is 37.7 Å². The number of nitrogens with one attached hydrogen (secondary N) is 1. The van der Waals surface area contributed by atoms with Crippen molar-refractivity contribution in [1.29, 1.82) is 0 Å². The van der Waals surface area contributed by atoms with E-state index in [2.05, 4.69) is 10.3 Å². The molecule has 2 heterocycles. The van der Waals surface area contributed by atoms with Crippen LogP contribution in [0.15, 0.2) is 58.9 Å². The van der Waals surface area contributed by atoms with E-state index >= 15 is 0 Å². The third-order valence-electron chi connectivity index (χ3n) is 5.23. The fourth-order valence-corrected chi connectivity index (χ4v) is 4.53. The number of nitrogens with zero attached hydrogens (tertiary/aromatic N) is 2. The summed E-state index contributed by atoms with van der Waals surface area (Å²) in [6.07, 6.45) is 0. The van der Waals surface area contributed by atoms with E-state index in [-0.39, 0.29) is 24.9 Å². The number of aliphatic imine (C=N–C) groups is 1. The van der Waals surface area contributed by atoms with Crippen LogP contribution in [0.1, 0.15) is 22.3 Å². The molecule has 0 bridgehead atoms. The first-order valence-corrected chi connectivity index (χ1v) is 10.8. The molecule has 1 aliphatic rings. The number of ether oxygens (including phenoxy) is 1. The van der Waals surface area contributed by atoms with Crippen molar-refractivity contribution in [3.05, 3.63) is 76.2 Å². The summed E-state index contributed by atoms with van der Waals surface area (Å²) in [6.45, 7) is 3.82. The summed E-state index contributed by atoms with van der Waals surface area (Å²) in [5.41, 5.74) is 5.24. The minimum atomic E-state index is -0.238. The van der Waals surface area contributed by atoms with E-state index in [0.717, 1.165) is 44.4 Å². The second-order valence-corrected chi connectivity index (χ2v) is 8.22. The first-order valence-electron chi connectivity index (χ1n) is 9.91. The highest BCUT2D eigenvalue weighted by Crippen LogP contribution is 2.33. The Morgan fingerprint density at radius 1 is 1.13 bits per heavy atom. The molecule has 0 saturated carbocycles. The standard InChI is InChI=1S/C24H23N3O3S/c1-15-5-4-6-16(2)22(15)26-20(28)14-27-21(29)13-25-23(19-11-12-31-24(19)27)17-7-9-18(30-3)10-8-17/h4-12H,13-14H2,1-3H3,(H,26,28). The molecule has 0 radical (unpaired) electrons. The van der Waals surface area contributed by atoms with E-state index < -0.39 is 0 Å². The van der Waals surface area contributed by atoms with Crippen LogP contribution in [0.3, 0.4) is 0 Å². The maximum absolute atomic E-state index is 12.9. The van der Waals surface area contributed by atoms with Crippen LogP contribution in [0.25, 0.3) is 0 Å². The summed E-state index contributed by atoms with van der Waals surface area (Å²) in [4.78, 5) is 31.8. The largest absolute Gasteiger partial charge is 0.497 e. The number of fused-ring (bicyclic) bond motifs is 1. The number of hydrogen-bond donors (Lipinski definition) is 1. The van der Waals surface area contributed by atoms with E-state index in [0.29, 0.717) is 0 Å². The number of hydrogen-bond acceptors (Lipinski definition) is 5. The van der Waals surface area contributed by atoms with Gasteiger partial charge in [0.1, 0.15) is 23.8 Å². The van der Waals surface area contributed by atoms with E-state index in [1.807, 2.05) is 67.8 Å². The van der Waals surface area contributed by atoms with E-state index in [1.165, 1.54) is 16.2 Å². The fraction of sp³-hybridized carbons (Fsp3) is 0.208. The van der Waals surface area contributed by atoms with E-state index in [4.69, 9.17) is 4.74 Å². The van der Waals surface area contributed by atoms with Gasteiger partial charge >= 0.3 is 0 Å². The monoisotopic (exact) mass is 433 g/mol. The van der Waals surface area contributed by atoms with Gasteiger partial charge in [-0.15, -0.1) is 11.3 Å². The first kappa shape index (κ1) is 20.8. The average molecular weight is 434 g/mol. The number of benzene rings is 2. The predicted octanol–water partition coefficient (Wildman–Crippen LogP) is 4.20. The molecular weight excluding hydrogens is 410 g/mol. The van der Waals surface area contributed by atoms with Crippen molar-refractivity contribution in [2.75, 3.05) is 30.4 Å². The van der Waals surface area contributed by atoms with Gasteiger partial charge in [-0.2, -0.15) is 0 Å². The molecule has 1 N–H and O–H groups in total. The lowest BCUT2D eigenvalue weighted by molar-refractivity contribution is -0.120. The molecular formula is C24H23N3O3S. The Labute approximate surface area is 185 Å². The van der Waals surface area contributed by atoms with Crippen molar-refractivity contribution in [1.82, 2.24) is 0 Å². The molecule has 1 aromatic heterocycles. The maximum Gasteiger partial charge on any atom is 0.249 e. The Bertz CT molecular complexity index is 1140. The Morgan fingerprint density at radius 3 is 2.52 bits per heavy atom. The number of para-hydroxylation sites is 1. The minimum Gasteiger partial charge on any atom is -0.497 e. The van der Waals surface area contributed by atoms with Gasteiger partial charge in [0.15, 0.2) is 0 Å². The van der Waals surface area contributed by atoms with Gasteiger partial charge in [0.25, 0.3) is 0 Å². The smallest absolute Gasteiger partial charge is 0.249 e. The molecule has 3 aromatic rings. The van der Waals surface area contributed by atoms with Crippen molar-refractivity contribution in [3.63, 3.8) is 0 Å². The minimum absolute atomic E-state index is 0.0144. The van der Waals surface area contributed by atoms with Gasteiger partial charge in [-0.3, -0.25) is 19.5 Å². The summed E-state index contributed by atoms with van der Waals surface area (Å²) in [5, 5.41) is 5.61. The SMILES string of the molecule is COc1ccc(C2=NCC(=O)N(CC(=O)Nc3c(C)cccc3C)c3sccc32)cc1. The molecule has 0 unspecified atom stereocenters. The Hall–Kier alpha value is -3.45. The van der Waals surface area contributed by atoms with Gasteiger partial charge in [0.05, 0.1) is 12.8 Å². The number of rotatable bonds is 5. The summed E-state index contributed by atoms with van der Waals surface area (Å²) in [6, 6.07) is 15.4. The number of anilines is 2. The molecule has 0 fully saturated rings. The highest BCUT2D eigenvalue weighted by Gasteiger charge is 2.28. The molecule has 6 nitrogen and oxygen atoms in total. The van der Waals surface area contributed by atoms with Gasteiger partial charge in [-0.1, -0.05) is 18.2 Å². The zero-order valence-corrected chi connectivity index (χ0v) is 18.5. The van der Waals surface area contributed by atoms with Crippen LogP contribution in [0, 0.1) is 13.8 Å². The third-order valence-corrected chi connectivity index (χ3v) is 6.16. The third kappa shape index (κ3) is 4.22. The van der Waals surface area contributed by atoms with Gasteiger partial charge in [-0.05, 0) is 60.7 Å². The Balaban J connectivity index is 1.60. The van der Waals surface area contributed by atoms with Crippen LogP contribution in [0.2, 0.25) is 0 Å². The van der Waals surface area contributed by atoms with Crippen LogP contribution in [0.4, 0.5) is 10.7 Å². The van der Waals surface area contributed by atoms with Crippen LogP contribution >= 0.6 is 11.3 Å². The number of aryl methyl sites for hydroxylation is 2. The van der Waals surface area contributed by atoms with Crippen molar-refractivity contribution in [2.45, 2.75) is 13.8 Å². The van der Waals surface area contributed by atoms with E-state index in [9.17, 15) is 9.59 Å². The molecule has 1 aliphatic heterocycles. The molecule has 2 amide bonds. The topological polar surface area (TPSA) is 71.0 Å². The molecule has 4 rings (SSSR count). The first-order chi connectivity index (χ1) is 15.0. The predicted molar refractivity (Wildman–Crippen MR) is 125 cm³/mol. The number of methoxy groups -OCH3 is 1. The van der Waals surface area contributed by atoms with Crippen LogP contribution in [0.5, 0.6) is 5.75 Å². The number of amides is 2. The molecule has 2 aromatic carbocycles. The summed E-state index contributed by atoms with van der Waals surface area (Å²) in [7, 11) is 1.62. The highest BCUT2D eigenvalue weighted by molar-refractivity contribution is 7.15. The average Bonchev–Trinajstić information content (AvgIpc) is 3.20. The lowest BCUT2D eigenvalue weighted by atomic mass is 10.0. The highest BCUT2D eigenvalue weighted by atomic mass is 32.1. The van der Waals surface area contributed by atoms with Crippen molar-refractivity contribution < 1.29 is 14.3 Å². The Morgan fingerprint density at radius 2 is 1.84 bits per heavy atom. The quantitative estimate of drug-likeness (QED) is 0.656. The molecule has 7 heteroatoms. The molecule has 0 aliphatic carbocycles. The van der Waals surface area contributed by atoms with Crippen LogP contribution in [-0.2, 0) is 9.59 Å². The molecule has 158 valence electrons. The van der Waals surface area contributed by atoms with Gasteiger partial charge in [-0.25, -0.2) is 0 Å². The zero-order chi connectivity index (χ0) is 22.0. The number of carbonyl (C=O) groups excluding carboxylic acids is 2. The maximum atomic E-state index is 12.9. The second-order valence-electron chi connectivity index (χ2n) is 7.33. The van der Waals surface area contributed by atoms with Crippen molar-refractivity contribution >= 4 is 39.6 Å². The molecule has 0 saturated heterocycles. The molecule has 31 heavy (non-hydrogen) atoms. The lowest BCUT2D eigenvalue weighted by Gasteiger charge is -2.20. The molecule has 0 spiro atoms. The lowest BCUT2D eigenvalue weighted by Crippen LogP contribution is -2.39. The summed E-state index contributed by atoms with van der Waals surface area (Å²) in [5.74, 6) is 0.311. The van der Waals surface area contributed by atoms with Crippen LogP contribution < -0.4 is 15.0 Å². The van der Waals surface area contributed by atoms with Gasteiger partial charge in [0.2, 0.25) is 11.8 Å². The summed E-state index contributed by atoms with van der Waals surface area (Å²) < 4.78 is 5.23. The second kappa shape index (κ2) is 8.73. The number of thiophene rings is 1. The van der Waals surface area contributed by atoms with Crippen molar-refractivity contribution in [2.24, 2.45) is 4.99 Å². The number of carbonyl (C=O) groups is 2. The van der Waals surface area contributed by atoms with Crippen molar-refractivity contribution in [3.8, 4) is 5.75 Å². The van der Waals surface area contributed by atoms with Gasteiger partial charge < -0.3 is 10.1 Å². The van der Waals surface area contributed by atoms with Gasteiger partial charge in [0, 0.05) is 16.8 Å². The van der Waals surface area contributed by atoms with E-state index in [1.54, 1.807) is 7.11 Å². The summed E-state index contributed by atoms with van der Waals surface area (Å²) >= 11 is 1.43. The fourth-order valence-electron chi connectivity index (χ4n) is 3.61. The molecule has 0 atom stereocenters. The Kier molecular flexibility index (Phi) is 5.86. The normalized spacial score (nSPS) is 13.3. The zero-order valence-electron chi connectivity index (χ0n) is 17.6.